The first kappa shape index (κ1) is 77.0. The van der Waals surface area contributed by atoms with Crippen LogP contribution in [0.25, 0.3) is 64.9 Å². The van der Waals surface area contributed by atoms with Gasteiger partial charge < -0.3 is 55.0 Å². The van der Waals surface area contributed by atoms with Crippen molar-refractivity contribution in [1.29, 1.82) is 0 Å². The Morgan fingerprint density at radius 2 is 0.714 bits per heavy atom. The van der Waals surface area contributed by atoms with Gasteiger partial charge in [0.2, 0.25) is 0 Å². The second-order valence-electron chi connectivity index (χ2n) is 24.9. The molecule has 0 radical (unpaired) electrons. The Morgan fingerprint density at radius 3 is 1.26 bits per heavy atom. The van der Waals surface area contributed by atoms with Crippen LogP contribution in [-0.4, -0.2) is 70.9 Å². The predicted octanol–water partition coefficient (Wildman–Crippen LogP) is 7.42. The molecule has 2 amide bonds. The number of rotatable bonds is 14. The fraction of sp³-hybridized carbons (Fsp3) is 0.0238. The summed E-state index contributed by atoms with van der Waals surface area (Å²) in [6.45, 7) is 0.0398. The molecule has 0 spiro atoms. The molecule has 0 aliphatic heterocycles. The molecule has 15 aromatic rings. The Hall–Kier alpha value is -13.2. The maximum absolute atomic E-state index is 14.3. The number of anilines is 6. The van der Waals surface area contributed by atoms with E-state index in [1.165, 1.54) is 0 Å². The van der Waals surface area contributed by atoms with Gasteiger partial charge in [0.05, 0.1) is 88.4 Å². The maximum Gasteiger partial charge on any atom is 1.00 e. The van der Waals surface area contributed by atoms with Crippen molar-refractivity contribution in [2.24, 2.45) is 0 Å². The number of H-pyrrole nitrogens is 1. The minimum Gasteiger partial charge on any atom is -0.473 e. The van der Waals surface area contributed by atoms with E-state index in [2.05, 4.69) is 31.6 Å². The molecule has 2 aliphatic rings. The first-order chi connectivity index (χ1) is 53.5. The number of ether oxygens (including phenoxy) is 2. The van der Waals surface area contributed by atoms with Crippen LogP contribution in [-0.2, 0) is 10.4 Å². The van der Waals surface area contributed by atoms with Gasteiger partial charge in [-0.25, -0.2) is 0 Å². The molecule has 8 N–H and O–H groups in total. The molecule has 0 saturated heterocycles. The number of nitrogens with one attached hydrogen (secondary N) is 6. The van der Waals surface area contributed by atoms with Crippen LogP contribution < -0.4 is 101 Å². The zero-order valence-corrected chi connectivity index (χ0v) is 61.9. The Labute approximate surface area is 657 Å². The second kappa shape index (κ2) is 32.5. The van der Waals surface area contributed by atoms with Crippen LogP contribution >= 0.6 is 0 Å². The number of hydrogen-bond donors (Lipinski definition) is 8. The molecular formula is C84H54ClN6NaO19S. The third-order valence-corrected chi connectivity index (χ3v) is 18.4. The van der Waals surface area contributed by atoms with Crippen LogP contribution in [0.15, 0.2) is 274 Å². The van der Waals surface area contributed by atoms with Crippen LogP contribution in [0.3, 0.4) is 0 Å². The summed E-state index contributed by atoms with van der Waals surface area (Å²) in [7, 11) is -7.52. The van der Waals surface area contributed by atoms with Gasteiger partial charge in [-0.3, -0.25) is 57.1 Å². The Balaban J connectivity index is 0.000000176. The Bertz CT molecular complexity index is 6700. The van der Waals surface area contributed by atoms with Gasteiger partial charge in [0.15, 0.2) is 58.3 Å². The number of carbonyl (C=O) groups is 6. The van der Waals surface area contributed by atoms with E-state index in [0.29, 0.717) is 61.2 Å². The number of hydrogen-bond acceptors (Lipinski definition) is 20. The zero-order valence-electron chi connectivity index (χ0n) is 58.3. The molecule has 14 aromatic carbocycles. The largest absolute Gasteiger partial charge is 1.00 e. The third kappa shape index (κ3) is 15.3. The summed E-state index contributed by atoms with van der Waals surface area (Å²) in [4.78, 5) is 142. The minimum absolute atomic E-state index is 0. The van der Waals surface area contributed by atoms with Crippen molar-refractivity contribution in [3.63, 3.8) is 0 Å². The SMILES string of the molecule is O=C(Nc1cccc2c(=O)c3c(ccc4c5cc(NCOc6ccccc6)c6c(=O)c7ccccc7c(=O)c6c5[nH]c43)c(=O)c12)c1ccccc1.O=C(Nc1cccc2c1C(=O)c1cccc(Nc3ccc(NCOc4ccccc4)c4c3C(=O)c3ccccc3C4=O)c1C2=O)c1ccccc1.O=S(=O)(O)O.[Na+].[O-][Cl+2]([O-])[O-]. The molecule has 0 atom stereocenters. The molecule has 0 saturated carbocycles. The van der Waals surface area contributed by atoms with E-state index in [9.17, 15) is 47.9 Å². The summed E-state index contributed by atoms with van der Waals surface area (Å²) in [6.07, 6.45) is 0. The number of halogens is 1. The minimum atomic E-state index is -4.67. The second-order valence-corrected chi connectivity index (χ2v) is 26.2. The zero-order chi connectivity index (χ0) is 77.9. The molecule has 112 heavy (non-hydrogen) atoms. The van der Waals surface area contributed by atoms with Crippen molar-refractivity contribution in [3.8, 4) is 11.5 Å². The van der Waals surface area contributed by atoms with Crippen molar-refractivity contribution < 1.29 is 110 Å². The summed E-state index contributed by atoms with van der Waals surface area (Å²) in [5.41, 5.74) is 3.18. The van der Waals surface area contributed by atoms with Gasteiger partial charge in [-0.05, 0) is 91.0 Å². The maximum atomic E-state index is 14.3. The van der Waals surface area contributed by atoms with Gasteiger partial charge in [-0.15, -0.1) is 0 Å². The van der Waals surface area contributed by atoms with Gasteiger partial charge in [-0.1, -0.05) is 164 Å². The van der Waals surface area contributed by atoms with E-state index >= 15 is 0 Å². The first-order valence-electron chi connectivity index (χ1n) is 33.6. The normalized spacial score (nSPS) is 11.9. The van der Waals surface area contributed by atoms with Crippen molar-refractivity contribution in [2.45, 2.75) is 0 Å². The van der Waals surface area contributed by atoms with E-state index in [-0.39, 0.29) is 170 Å². The molecule has 0 bridgehead atoms. The van der Waals surface area contributed by atoms with Gasteiger partial charge in [0.25, 0.3) is 11.8 Å². The van der Waals surface area contributed by atoms with E-state index in [1.807, 2.05) is 60.7 Å². The van der Waals surface area contributed by atoms with Gasteiger partial charge >= 0.3 is 40.0 Å². The van der Waals surface area contributed by atoms with Crippen LogP contribution in [0.2, 0.25) is 0 Å². The first-order valence-corrected chi connectivity index (χ1v) is 35.9. The van der Waals surface area contributed by atoms with E-state index in [1.54, 1.807) is 194 Å². The van der Waals surface area contributed by atoms with Crippen LogP contribution in [0.4, 0.5) is 34.1 Å². The van der Waals surface area contributed by atoms with Crippen LogP contribution in [0.5, 0.6) is 11.5 Å². The summed E-state index contributed by atoms with van der Waals surface area (Å²) in [6, 6.07) is 71.6. The molecule has 548 valence electrons. The summed E-state index contributed by atoms with van der Waals surface area (Å²) in [5.74, 6) is -1.16. The summed E-state index contributed by atoms with van der Waals surface area (Å²) >= 11 is 0. The topological polar surface area (TPSA) is 409 Å². The fourth-order valence-corrected chi connectivity index (χ4v) is 13.7. The fourth-order valence-electron chi connectivity index (χ4n) is 13.7. The molecule has 1 aromatic heterocycles. The summed E-state index contributed by atoms with van der Waals surface area (Å²) < 4.78 is 68.5. The standard InChI is InChI=1S/C42H25N3O6.C42H27N3O6.ClO3.Na.H2O4S/c46-38-25-14-7-8-15-26(25)39(47)35-34(38)31(43-21-51-23-12-5-2-6-13-23)20-29-24-18-19-28-33(36(24)45-37(29)35)41(49)27-16-9-17-30(32(27)40(28)48)44-42(50)22-10-3-1-4-11-22;46-38-26-15-7-8-16-27(26)39(47)37-33(22-21-30(36(37)38)43-23-51-25-13-5-2-6-14-25)44-31-19-9-17-28-34(31)40(48)29-18-10-20-32(35(29)41(28)49)45-42(50)24-11-3-1-4-12-24;2-1(3)4;;1-5(2,3)4/h1-20,43,45H,21H2,(H,44,50);1-22,43-44H,23H2,(H,45,50);;;(H2,1,2,3,4)/q;;-1;+1;. The Morgan fingerprint density at radius 1 is 0.357 bits per heavy atom. The quantitative estimate of drug-likeness (QED) is 0.0227. The van der Waals surface area contributed by atoms with Crippen molar-refractivity contribution in [3.05, 3.63) is 351 Å². The molecule has 0 fully saturated rings. The number of para-hydroxylation sites is 2. The van der Waals surface area contributed by atoms with Crippen molar-refractivity contribution >= 4 is 144 Å². The molecule has 17 rings (SSSR count). The molecular weight excluding hydrogens is 1490 g/mol. The number of benzene rings is 14. The number of ketones is 4. The Kier molecular flexibility index (Phi) is 22.4. The molecule has 2 aliphatic carbocycles. The third-order valence-electron chi connectivity index (χ3n) is 18.4. The number of amides is 2. The molecule has 1 heterocycles. The van der Waals surface area contributed by atoms with E-state index < -0.39 is 55.4 Å². The van der Waals surface area contributed by atoms with Crippen LogP contribution in [0, 0.1) is 10.8 Å². The number of fused-ring (bicyclic) bond motifs is 13. The molecule has 0 unspecified atom stereocenters. The number of aromatic amines is 1. The average molecular weight is 1540 g/mol. The van der Waals surface area contributed by atoms with E-state index in [4.69, 9.17) is 41.0 Å². The number of carbonyl (C=O) groups excluding carboxylic acids is 6. The van der Waals surface area contributed by atoms with Gasteiger partial charge in [0, 0.05) is 77.1 Å². The molecule has 25 nitrogen and oxygen atoms in total. The van der Waals surface area contributed by atoms with Crippen LogP contribution in [0.1, 0.15) is 84.4 Å². The average Bonchev–Trinajstić information content (AvgIpc) is 1.50. The van der Waals surface area contributed by atoms with Crippen molar-refractivity contribution in [1.82, 2.24) is 4.98 Å². The van der Waals surface area contributed by atoms with Gasteiger partial charge in [-0.2, -0.15) is 8.42 Å². The monoisotopic (exact) mass is 1540 g/mol. The summed E-state index contributed by atoms with van der Waals surface area (Å²) in [5, 5.41) is 17.8. The number of aromatic nitrogens is 1. The smallest absolute Gasteiger partial charge is 0.473 e. The van der Waals surface area contributed by atoms with Gasteiger partial charge in [0.1, 0.15) is 11.5 Å². The predicted molar refractivity (Wildman–Crippen MR) is 410 cm³/mol. The molecule has 28 heteroatoms. The van der Waals surface area contributed by atoms with E-state index in [0.717, 1.165) is 0 Å². The van der Waals surface area contributed by atoms with Crippen molar-refractivity contribution in [2.75, 3.05) is 40.0 Å².